The van der Waals surface area contributed by atoms with Crippen LogP contribution >= 0.6 is 0 Å². The van der Waals surface area contributed by atoms with Gasteiger partial charge in [0.15, 0.2) is 9.84 Å². The molecule has 3 aromatic carbocycles. The van der Waals surface area contributed by atoms with E-state index in [2.05, 4.69) is 26.9 Å². The van der Waals surface area contributed by atoms with Crippen LogP contribution < -0.4 is 25.6 Å². The molecule has 0 unspecified atom stereocenters. The van der Waals surface area contributed by atoms with Gasteiger partial charge in [-0.15, -0.1) is 0 Å². The average Bonchev–Trinajstić information content (AvgIpc) is 2.98. The SMILES string of the molecule is COCCNC1CCN(c2ccc(Nc3nc(Nc4ccccc4S(C)(=O)=O)c4ccccc4n3)c(OC)c2)CC1. The number of nitrogens with zero attached hydrogens (tertiary/aromatic N) is 3. The van der Waals surface area contributed by atoms with Crippen molar-refractivity contribution in [1.82, 2.24) is 15.3 Å². The minimum Gasteiger partial charge on any atom is -0.494 e. The van der Waals surface area contributed by atoms with E-state index in [4.69, 9.17) is 19.4 Å². The number of rotatable bonds is 11. The predicted molar refractivity (Wildman–Crippen MR) is 164 cm³/mol. The van der Waals surface area contributed by atoms with Gasteiger partial charge < -0.3 is 30.3 Å². The maximum atomic E-state index is 12.4. The number of ether oxygens (including phenoxy) is 2. The number of sulfone groups is 1. The number of piperidine rings is 1. The van der Waals surface area contributed by atoms with Crippen molar-refractivity contribution in [3.8, 4) is 5.75 Å². The summed E-state index contributed by atoms with van der Waals surface area (Å²) in [4.78, 5) is 12.0. The highest BCUT2D eigenvalue weighted by Gasteiger charge is 2.20. The van der Waals surface area contributed by atoms with Gasteiger partial charge in [-0.3, -0.25) is 0 Å². The van der Waals surface area contributed by atoms with E-state index < -0.39 is 9.84 Å². The largest absolute Gasteiger partial charge is 0.494 e. The van der Waals surface area contributed by atoms with Crippen molar-refractivity contribution < 1.29 is 17.9 Å². The van der Waals surface area contributed by atoms with Gasteiger partial charge in [-0.25, -0.2) is 13.4 Å². The zero-order chi connectivity index (χ0) is 28.8. The number of fused-ring (bicyclic) bond motifs is 1. The van der Waals surface area contributed by atoms with E-state index in [1.54, 1.807) is 38.5 Å². The Balaban J connectivity index is 1.38. The predicted octanol–water partition coefficient (Wildman–Crippen LogP) is 4.73. The van der Waals surface area contributed by atoms with Crippen LogP contribution in [0.25, 0.3) is 10.9 Å². The van der Waals surface area contributed by atoms with Gasteiger partial charge in [-0.1, -0.05) is 24.3 Å². The minimum atomic E-state index is -3.45. The van der Waals surface area contributed by atoms with Crippen LogP contribution in [0, 0.1) is 0 Å². The molecular formula is C30H36N6O4S. The lowest BCUT2D eigenvalue weighted by Crippen LogP contribution is -2.43. The van der Waals surface area contributed by atoms with Crippen LogP contribution in [-0.2, 0) is 14.6 Å². The van der Waals surface area contributed by atoms with Gasteiger partial charge in [0, 0.05) is 56.2 Å². The first kappa shape index (κ1) is 28.6. The number of para-hydroxylation sites is 2. The van der Waals surface area contributed by atoms with Crippen LogP contribution in [0.4, 0.5) is 28.8 Å². The van der Waals surface area contributed by atoms with Crippen LogP contribution in [0.15, 0.2) is 71.6 Å². The molecule has 1 aliphatic rings. The molecule has 4 aromatic rings. The molecule has 1 aromatic heterocycles. The molecule has 3 N–H and O–H groups in total. The Hall–Kier alpha value is -3.93. The Kier molecular flexibility index (Phi) is 8.87. The van der Waals surface area contributed by atoms with Gasteiger partial charge >= 0.3 is 0 Å². The second-order valence-electron chi connectivity index (χ2n) is 10.0. The quantitative estimate of drug-likeness (QED) is 0.216. The van der Waals surface area contributed by atoms with Crippen molar-refractivity contribution in [2.75, 3.05) is 62.3 Å². The molecule has 1 saturated heterocycles. The third-order valence-corrected chi connectivity index (χ3v) is 8.33. The van der Waals surface area contributed by atoms with Gasteiger partial charge in [0.1, 0.15) is 11.6 Å². The Morgan fingerprint density at radius 2 is 1.68 bits per heavy atom. The Morgan fingerprint density at radius 1 is 0.927 bits per heavy atom. The highest BCUT2D eigenvalue weighted by Crippen LogP contribution is 2.34. The molecule has 0 atom stereocenters. The molecule has 1 fully saturated rings. The summed E-state index contributed by atoms with van der Waals surface area (Å²) < 4.78 is 35.7. The molecule has 2 heterocycles. The van der Waals surface area contributed by atoms with Crippen molar-refractivity contribution in [3.63, 3.8) is 0 Å². The first-order chi connectivity index (χ1) is 19.9. The fraction of sp³-hybridized carbons (Fsp3) is 0.333. The lowest BCUT2D eigenvalue weighted by atomic mass is 10.0. The summed E-state index contributed by atoms with van der Waals surface area (Å²) in [5.74, 6) is 1.53. The van der Waals surface area contributed by atoms with E-state index in [1.807, 2.05) is 36.4 Å². The van der Waals surface area contributed by atoms with Gasteiger partial charge in [0.2, 0.25) is 5.95 Å². The molecule has 0 aliphatic carbocycles. The Labute approximate surface area is 241 Å². The van der Waals surface area contributed by atoms with Crippen LogP contribution in [0.2, 0.25) is 0 Å². The normalized spacial score (nSPS) is 14.3. The topological polar surface area (TPSA) is 118 Å². The number of benzene rings is 3. The second kappa shape index (κ2) is 12.7. The number of hydrogen-bond acceptors (Lipinski definition) is 10. The van der Waals surface area contributed by atoms with E-state index in [0.29, 0.717) is 34.8 Å². The van der Waals surface area contributed by atoms with Gasteiger partial charge in [-0.05, 0) is 49.2 Å². The Morgan fingerprint density at radius 3 is 2.44 bits per heavy atom. The lowest BCUT2D eigenvalue weighted by Gasteiger charge is -2.34. The molecule has 11 heteroatoms. The third kappa shape index (κ3) is 6.87. The van der Waals surface area contributed by atoms with E-state index >= 15 is 0 Å². The summed E-state index contributed by atoms with van der Waals surface area (Å²) in [6, 6.07) is 21.0. The molecule has 10 nitrogen and oxygen atoms in total. The highest BCUT2D eigenvalue weighted by atomic mass is 32.2. The molecule has 0 saturated carbocycles. The van der Waals surface area contributed by atoms with Crippen molar-refractivity contribution in [1.29, 1.82) is 0 Å². The molecule has 5 rings (SSSR count). The van der Waals surface area contributed by atoms with E-state index in [-0.39, 0.29) is 4.90 Å². The van der Waals surface area contributed by atoms with Crippen LogP contribution in [-0.4, -0.2) is 71.1 Å². The van der Waals surface area contributed by atoms with E-state index in [0.717, 1.165) is 55.8 Å². The fourth-order valence-electron chi connectivity index (χ4n) is 5.06. The lowest BCUT2D eigenvalue weighted by molar-refractivity contribution is 0.193. The number of aromatic nitrogens is 2. The molecule has 0 amide bonds. The van der Waals surface area contributed by atoms with Crippen LogP contribution in [0.5, 0.6) is 5.75 Å². The highest BCUT2D eigenvalue weighted by molar-refractivity contribution is 7.90. The van der Waals surface area contributed by atoms with Crippen LogP contribution in [0.3, 0.4) is 0 Å². The molecular weight excluding hydrogens is 540 g/mol. The molecule has 1 aliphatic heterocycles. The molecule has 0 radical (unpaired) electrons. The van der Waals surface area contributed by atoms with E-state index in [9.17, 15) is 8.42 Å². The van der Waals surface area contributed by atoms with Gasteiger partial charge in [0.05, 0.1) is 35.5 Å². The van der Waals surface area contributed by atoms with Gasteiger partial charge in [-0.2, -0.15) is 4.98 Å². The summed E-state index contributed by atoms with van der Waals surface area (Å²) >= 11 is 0. The minimum absolute atomic E-state index is 0.198. The number of hydrogen-bond donors (Lipinski definition) is 3. The standard InChI is InChI=1S/C30H36N6O4S/c1-39-19-16-31-21-14-17-36(18-15-21)22-12-13-25(27(20-22)40-2)34-30-33-24-9-5-4-8-23(24)29(35-30)32-26-10-6-7-11-28(26)41(3,37)38/h4-13,20-21,31H,14-19H2,1-3H3,(H2,32,33,34,35). The first-order valence-corrected chi connectivity index (χ1v) is 15.5. The smallest absolute Gasteiger partial charge is 0.229 e. The first-order valence-electron chi connectivity index (χ1n) is 13.6. The van der Waals surface area contributed by atoms with Crippen LogP contribution in [0.1, 0.15) is 12.8 Å². The molecule has 41 heavy (non-hydrogen) atoms. The van der Waals surface area contributed by atoms with Crippen molar-refractivity contribution in [2.24, 2.45) is 0 Å². The third-order valence-electron chi connectivity index (χ3n) is 7.17. The maximum Gasteiger partial charge on any atom is 0.229 e. The number of methoxy groups -OCH3 is 2. The summed E-state index contributed by atoms with van der Waals surface area (Å²) in [7, 11) is -0.0803. The number of nitrogens with one attached hydrogen (secondary N) is 3. The zero-order valence-corrected chi connectivity index (χ0v) is 24.4. The summed E-state index contributed by atoms with van der Waals surface area (Å²) in [5, 5.41) is 10.9. The number of anilines is 5. The van der Waals surface area contributed by atoms with Gasteiger partial charge in [0.25, 0.3) is 0 Å². The average molecular weight is 577 g/mol. The Bertz CT molecular complexity index is 1610. The summed E-state index contributed by atoms with van der Waals surface area (Å²) in [6.45, 7) is 3.50. The fourth-order valence-corrected chi connectivity index (χ4v) is 5.90. The molecule has 216 valence electrons. The zero-order valence-electron chi connectivity index (χ0n) is 23.6. The second-order valence-corrected chi connectivity index (χ2v) is 12.0. The van der Waals surface area contributed by atoms with Crippen molar-refractivity contribution in [2.45, 2.75) is 23.8 Å². The summed E-state index contributed by atoms with van der Waals surface area (Å²) in [5.41, 5.74) is 2.98. The molecule has 0 bridgehead atoms. The van der Waals surface area contributed by atoms with Crippen molar-refractivity contribution in [3.05, 3.63) is 66.7 Å². The molecule has 0 spiro atoms. The van der Waals surface area contributed by atoms with Crippen molar-refractivity contribution >= 4 is 49.6 Å². The monoisotopic (exact) mass is 576 g/mol. The summed E-state index contributed by atoms with van der Waals surface area (Å²) in [6.07, 6.45) is 3.32. The maximum absolute atomic E-state index is 12.4. The van der Waals surface area contributed by atoms with E-state index in [1.165, 1.54) is 6.26 Å².